The first-order valence-electron chi connectivity index (χ1n) is 13.5. The number of para-hydroxylation sites is 1. The number of aromatic nitrogens is 1. The van der Waals surface area contributed by atoms with Crippen molar-refractivity contribution in [2.75, 3.05) is 7.05 Å². The molecule has 0 atom stereocenters. The molecule has 38 heavy (non-hydrogen) atoms. The first kappa shape index (κ1) is 27.5. The molecule has 0 spiro atoms. The van der Waals surface area contributed by atoms with Gasteiger partial charge >= 0.3 is 0 Å². The van der Waals surface area contributed by atoms with Gasteiger partial charge in [0.05, 0.1) is 11.3 Å². The van der Waals surface area contributed by atoms with E-state index in [-0.39, 0.29) is 5.78 Å². The van der Waals surface area contributed by atoms with E-state index in [4.69, 9.17) is 4.74 Å². The highest BCUT2D eigenvalue weighted by Crippen LogP contribution is 2.40. The summed E-state index contributed by atoms with van der Waals surface area (Å²) in [4.78, 5) is 18.0. The van der Waals surface area contributed by atoms with Crippen LogP contribution in [0.1, 0.15) is 90.5 Å². The van der Waals surface area contributed by atoms with Crippen LogP contribution in [0.2, 0.25) is 0 Å². The maximum absolute atomic E-state index is 12.6. The van der Waals surface area contributed by atoms with E-state index in [1.807, 2.05) is 77.2 Å². The second kappa shape index (κ2) is 11.0. The van der Waals surface area contributed by atoms with Gasteiger partial charge < -0.3 is 19.7 Å². The number of aryl methyl sites for hydroxylation is 3. The molecule has 1 aliphatic carbocycles. The summed E-state index contributed by atoms with van der Waals surface area (Å²) >= 11 is 0. The van der Waals surface area contributed by atoms with Crippen molar-refractivity contribution in [3.05, 3.63) is 99.6 Å². The number of H-pyrrole nitrogens is 1. The lowest BCUT2D eigenvalue weighted by Gasteiger charge is -2.24. The van der Waals surface area contributed by atoms with Gasteiger partial charge in [-0.1, -0.05) is 36.8 Å². The van der Waals surface area contributed by atoms with Gasteiger partial charge in [-0.15, -0.1) is 0 Å². The highest BCUT2D eigenvalue weighted by Gasteiger charge is 2.24. The van der Waals surface area contributed by atoms with Crippen molar-refractivity contribution in [3.8, 4) is 11.5 Å². The molecule has 0 aliphatic heterocycles. The largest absolute Gasteiger partial charge is 0.456 e. The van der Waals surface area contributed by atoms with Gasteiger partial charge in [0.25, 0.3) is 0 Å². The number of carbonyl (C=O) groups is 1. The number of aromatic amines is 1. The zero-order valence-electron chi connectivity index (χ0n) is 23.7. The van der Waals surface area contributed by atoms with Gasteiger partial charge in [-0.05, 0) is 88.8 Å². The molecule has 1 heterocycles. The fourth-order valence-corrected chi connectivity index (χ4v) is 4.78. The predicted octanol–water partition coefficient (Wildman–Crippen LogP) is 7.94. The van der Waals surface area contributed by atoms with Crippen molar-refractivity contribution < 1.29 is 14.6 Å². The van der Waals surface area contributed by atoms with Crippen molar-refractivity contribution in [3.63, 3.8) is 0 Å². The first-order valence-corrected chi connectivity index (χ1v) is 13.5. The maximum Gasteiger partial charge on any atom is 0.178 e. The summed E-state index contributed by atoms with van der Waals surface area (Å²) in [5, 5.41) is 10.9. The molecule has 1 fully saturated rings. The standard InChI is InChI=1S/C33H40N2O3/c1-8-30(36)29-18-26(23(4)34-29)28(20-35(7)19-24-13-10-14-24)27-17-25(33(5,6)37)15-16-31(27)38-32-21(2)11-9-12-22(32)3/h9,11-12,15-20,34,37H,8,10,13-14H2,1-7H3/b28-20+. The Labute approximate surface area is 226 Å². The van der Waals surface area contributed by atoms with Crippen molar-refractivity contribution in [2.45, 2.75) is 72.8 Å². The number of benzene rings is 2. The SMILES string of the molecule is CCC(=O)c1cc(/C(=C\N(C)C=C2CCC2)c2cc(C(C)(C)O)ccc2Oc2c(C)cccc2C)c(C)[nH]1. The van der Waals surface area contributed by atoms with E-state index in [2.05, 4.69) is 22.3 Å². The molecule has 5 heteroatoms. The number of nitrogens with zero attached hydrogens (tertiary/aromatic N) is 1. The number of hydrogen-bond acceptors (Lipinski definition) is 4. The quantitative estimate of drug-likeness (QED) is 0.286. The molecule has 1 aliphatic rings. The molecule has 0 unspecified atom stereocenters. The Morgan fingerprint density at radius 3 is 2.34 bits per heavy atom. The van der Waals surface area contributed by atoms with Gasteiger partial charge in [0.15, 0.2) is 5.78 Å². The third-order valence-corrected chi connectivity index (χ3v) is 7.24. The van der Waals surface area contributed by atoms with Crippen LogP contribution in [0.5, 0.6) is 11.5 Å². The number of aliphatic hydroxyl groups is 1. The van der Waals surface area contributed by atoms with E-state index < -0.39 is 5.60 Å². The minimum Gasteiger partial charge on any atom is -0.456 e. The molecule has 0 radical (unpaired) electrons. The van der Waals surface area contributed by atoms with E-state index in [0.29, 0.717) is 17.9 Å². The van der Waals surface area contributed by atoms with Gasteiger partial charge in [0, 0.05) is 48.3 Å². The van der Waals surface area contributed by atoms with Crippen LogP contribution >= 0.6 is 0 Å². The van der Waals surface area contributed by atoms with Gasteiger partial charge in [-0.2, -0.15) is 0 Å². The number of rotatable bonds is 9. The Kier molecular flexibility index (Phi) is 7.98. The Bertz CT molecular complexity index is 1380. The Morgan fingerprint density at radius 2 is 1.76 bits per heavy atom. The van der Waals surface area contributed by atoms with E-state index >= 15 is 0 Å². The van der Waals surface area contributed by atoms with Crippen LogP contribution < -0.4 is 4.74 Å². The summed E-state index contributed by atoms with van der Waals surface area (Å²) < 4.78 is 6.62. The number of hydrogen-bond donors (Lipinski definition) is 2. The maximum atomic E-state index is 12.6. The molecular formula is C33H40N2O3. The molecular weight excluding hydrogens is 472 g/mol. The predicted molar refractivity (Wildman–Crippen MR) is 155 cm³/mol. The molecule has 4 rings (SSSR count). The van der Waals surface area contributed by atoms with Crippen molar-refractivity contribution in [1.29, 1.82) is 0 Å². The average Bonchev–Trinajstić information content (AvgIpc) is 3.22. The van der Waals surface area contributed by atoms with Gasteiger partial charge in [0.2, 0.25) is 0 Å². The topological polar surface area (TPSA) is 65.6 Å². The lowest BCUT2D eigenvalue weighted by atomic mass is 9.91. The molecule has 200 valence electrons. The summed E-state index contributed by atoms with van der Waals surface area (Å²) in [7, 11) is 2.04. The number of ether oxygens (including phenoxy) is 1. The van der Waals surface area contributed by atoms with E-state index in [0.717, 1.165) is 57.7 Å². The van der Waals surface area contributed by atoms with Crippen LogP contribution in [-0.4, -0.2) is 27.8 Å². The molecule has 0 bridgehead atoms. The zero-order valence-corrected chi connectivity index (χ0v) is 23.7. The highest BCUT2D eigenvalue weighted by atomic mass is 16.5. The summed E-state index contributed by atoms with van der Waals surface area (Å²) in [5.41, 5.74) is 7.47. The lowest BCUT2D eigenvalue weighted by molar-refractivity contribution is 0.0785. The van der Waals surface area contributed by atoms with Crippen LogP contribution in [-0.2, 0) is 5.60 Å². The second-order valence-electron chi connectivity index (χ2n) is 10.9. The second-order valence-corrected chi connectivity index (χ2v) is 10.9. The van der Waals surface area contributed by atoms with E-state index in [9.17, 15) is 9.90 Å². The molecule has 3 aromatic rings. The average molecular weight is 513 g/mol. The first-order chi connectivity index (χ1) is 18.0. The molecule has 1 aromatic heterocycles. The van der Waals surface area contributed by atoms with Crippen LogP contribution in [0.15, 0.2) is 60.4 Å². The Hall–Kier alpha value is -3.57. The summed E-state index contributed by atoms with van der Waals surface area (Å²) in [5.74, 6) is 1.58. The van der Waals surface area contributed by atoms with Crippen LogP contribution in [0.4, 0.5) is 0 Å². The molecule has 5 nitrogen and oxygen atoms in total. The smallest absolute Gasteiger partial charge is 0.178 e. The number of carbonyl (C=O) groups excluding carboxylic acids is 1. The summed E-state index contributed by atoms with van der Waals surface area (Å²) in [6, 6.07) is 13.9. The van der Waals surface area contributed by atoms with Gasteiger partial charge in [0.1, 0.15) is 11.5 Å². The zero-order chi connectivity index (χ0) is 27.6. The molecule has 2 N–H and O–H groups in total. The third kappa shape index (κ3) is 5.94. The fraction of sp³-hybridized carbons (Fsp3) is 0.364. The molecule has 2 aromatic carbocycles. The van der Waals surface area contributed by atoms with Crippen LogP contribution in [0.25, 0.3) is 5.57 Å². The molecule has 0 saturated heterocycles. The summed E-state index contributed by atoms with van der Waals surface area (Å²) in [6.45, 7) is 11.5. The molecule has 1 saturated carbocycles. The third-order valence-electron chi connectivity index (χ3n) is 7.24. The monoisotopic (exact) mass is 512 g/mol. The normalized spacial score (nSPS) is 13.8. The van der Waals surface area contributed by atoms with E-state index in [1.54, 1.807) is 13.8 Å². The Balaban J connectivity index is 1.94. The summed E-state index contributed by atoms with van der Waals surface area (Å²) in [6.07, 6.45) is 8.21. The number of Topliss-reactive ketones (excluding diaryl/α,β-unsaturated/α-hetero) is 1. The molecule has 0 amide bonds. The van der Waals surface area contributed by atoms with E-state index in [1.165, 1.54) is 12.0 Å². The van der Waals surface area contributed by atoms with Crippen LogP contribution in [0.3, 0.4) is 0 Å². The lowest BCUT2D eigenvalue weighted by Crippen LogP contribution is -2.16. The highest BCUT2D eigenvalue weighted by molar-refractivity contribution is 5.96. The minimum atomic E-state index is -1.03. The van der Waals surface area contributed by atoms with Crippen LogP contribution in [0, 0.1) is 20.8 Å². The van der Waals surface area contributed by atoms with Crippen molar-refractivity contribution >= 4 is 11.4 Å². The van der Waals surface area contributed by atoms with Crippen molar-refractivity contribution in [1.82, 2.24) is 9.88 Å². The van der Waals surface area contributed by atoms with Crippen molar-refractivity contribution in [2.24, 2.45) is 0 Å². The minimum absolute atomic E-state index is 0.0703. The number of nitrogens with one attached hydrogen (secondary N) is 1. The number of ketones is 1. The van der Waals surface area contributed by atoms with Gasteiger partial charge in [-0.25, -0.2) is 0 Å². The Morgan fingerprint density at radius 1 is 1.08 bits per heavy atom. The number of allylic oxidation sites excluding steroid dienone is 1. The van der Waals surface area contributed by atoms with Gasteiger partial charge in [-0.3, -0.25) is 4.79 Å². The fourth-order valence-electron chi connectivity index (χ4n) is 4.78.